The topological polar surface area (TPSA) is 21.3 Å². The van der Waals surface area contributed by atoms with Crippen LogP contribution >= 0.6 is 11.3 Å². The zero-order valence-electron chi connectivity index (χ0n) is 13.1. The molecule has 2 aromatic rings. The van der Waals surface area contributed by atoms with Crippen LogP contribution in [0.2, 0.25) is 0 Å². The molecule has 1 aromatic carbocycles. The predicted octanol–water partition coefficient (Wildman–Crippen LogP) is 4.30. The third kappa shape index (κ3) is 2.74. The first kappa shape index (κ1) is 15.1. The number of methoxy groups -OCH3 is 1. The van der Waals surface area contributed by atoms with Crippen LogP contribution in [0.5, 0.6) is 5.75 Å². The largest absolute Gasteiger partial charge is 0.496 e. The van der Waals surface area contributed by atoms with Crippen LogP contribution in [0.1, 0.15) is 38.0 Å². The summed E-state index contributed by atoms with van der Waals surface area (Å²) < 4.78 is 5.46. The Morgan fingerprint density at radius 1 is 1.00 bits per heavy atom. The zero-order valence-corrected chi connectivity index (χ0v) is 13.9. The molecule has 0 aliphatic rings. The molecule has 1 unspecified atom stereocenters. The van der Waals surface area contributed by atoms with E-state index in [1.54, 1.807) is 7.11 Å². The average Bonchev–Trinajstić information content (AvgIpc) is 2.70. The molecule has 0 saturated heterocycles. The molecule has 0 fully saturated rings. The highest BCUT2D eigenvalue weighted by atomic mass is 32.1. The highest BCUT2D eigenvalue weighted by molar-refractivity contribution is 7.12. The van der Waals surface area contributed by atoms with Gasteiger partial charge in [-0.3, -0.25) is 0 Å². The Morgan fingerprint density at radius 2 is 1.60 bits per heavy atom. The van der Waals surface area contributed by atoms with Crippen LogP contribution in [0.15, 0.2) is 18.2 Å². The van der Waals surface area contributed by atoms with Gasteiger partial charge in [0.2, 0.25) is 0 Å². The monoisotopic (exact) mass is 289 g/mol. The maximum absolute atomic E-state index is 5.46. The fourth-order valence-electron chi connectivity index (χ4n) is 2.69. The minimum absolute atomic E-state index is 0.246. The summed E-state index contributed by atoms with van der Waals surface area (Å²) >= 11 is 1.87. The van der Waals surface area contributed by atoms with Crippen molar-refractivity contribution in [2.75, 3.05) is 14.2 Å². The van der Waals surface area contributed by atoms with E-state index in [0.29, 0.717) is 0 Å². The summed E-state index contributed by atoms with van der Waals surface area (Å²) in [5.41, 5.74) is 5.04. The van der Waals surface area contributed by atoms with Gasteiger partial charge in [-0.15, -0.1) is 11.3 Å². The molecule has 0 radical (unpaired) electrons. The first-order valence-electron chi connectivity index (χ1n) is 6.87. The first-order chi connectivity index (χ1) is 9.47. The highest BCUT2D eigenvalue weighted by Crippen LogP contribution is 2.34. The first-order valence-corrected chi connectivity index (χ1v) is 7.69. The van der Waals surface area contributed by atoms with Gasteiger partial charge in [-0.05, 0) is 63.1 Å². The predicted molar refractivity (Wildman–Crippen MR) is 87.2 cm³/mol. The van der Waals surface area contributed by atoms with Crippen LogP contribution in [0.3, 0.4) is 0 Å². The fraction of sp³-hybridized carbons (Fsp3) is 0.412. The van der Waals surface area contributed by atoms with Crippen LogP contribution in [-0.4, -0.2) is 14.2 Å². The minimum atomic E-state index is 0.246. The van der Waals surface area contributed by atoms with Crippen molar-refractivity contribution in [3.63, 3.8) is 0 Å². The molecule has 0 aliphatic heterocycles. The van der Waals surface area contributed by atoms with Crippen molar-refractivity contribution in [1.82, 2.24) is 5.32 Å². The summed E-state index contributed by atoms with van der Waals surface area (Å²) in [6.45, 7) is 8.56. The molecule has 20 heavy (non-hydrogen) atoms. The molecule has 1 N–H and O–H groups in total. The maximum atomic E-state index is 5.46. The molecule has 2 nitrogen and oxygen atoms in total. The molecule has 0 bridgehead atoms. The number of thiophene rings is 1. The molecule has 108 valence electrons. The minimum Gasteiger partial charge on any atom is -0.496 e. The summed E-state index contributed by atoms with van der Waals surface area (Å²) in [6.07, 6.45) is 0. The molecule has 3 heteroatoms. The molecule has 0 spiro atoms. The van der Waals surface area contributed by atoms with Gasteiger partial charge in [0.25, 0.3) is 0 Å². The van der Waals surface area contributed by atoms with E-state index in [9.17, 15) is 0 Å². The third-order valence-corrected chi connectivity index (χ3v) is 5.00. The molecule has 0 amide bonds. The van der Waals surface area contributed by atoms with Crippen molar-refractivity contribution < 1.29 is 4.74 Å². The van der Waals surface area contributed by atoms with Gasteiger partial charge in [0.05, 0.1) is 13.2 Å². The molecule has 0 aliphatic carbocycles. The number of nitrogens with one attached hydrogen (secondary N) is 1. The zero-order chi connectivity index (χ0) is 14.9. The quantitative estimate of drug-likeness (QED) is 0.906. The molecule has 1 atom stereocenters. The number of rotatable bonds is 4. The Labute approximate surface area is 125 Å². The second kappa shape index (κ2) is 5.98. The van der Waals surface area contributed by atoms with Crippen molar-refractivity contribution in [2.45, 2.75) is 33.7 Å². The van der Waals surface area contributed by atoms with E-state index in [1.165, 1.54) is 32.0 Å². The van der Waals surface area contributed by atoms with Gasteiger partial charge in [0.1, 0.15) is 5.75 Å². The number of aryl methyl sites for hydroxylation is 4. The standard InChI is InChI=1S/C17H23NOS/c1-10-9-15(20-13(10)4)16(18-5)14-7-11(2)17(19-6)12(3)8-14/h7-9,16,18H,1-6H3. The van der Waals surface area contributed by atoms with Gasteiger partial charge < -0.3 is 10.1 Å². The Morgan fingerprint density at radius 3 is 2.00 bits per heavy atom. The molecular formula is C17H23NOS. The van der Waals surface area contributed by atoms with E-state index in [-0.39, 0.29) is 6.04 Å². The van der Waals surface area contributed by atoms with Crippen LogP contribution in [0, 0.1) is 27.7 Å². The highest BCUT2D eigenvalue weighted by Gasteiger charge is 2.17. The van der Waals surface area contributed by atoms with E-state index in [0.717, 1.165) is 5.75 Å². The van der Waals surface area contributed by atoms with Crippen molar-refractivity contribution in [3.8, 4) is 5.75 Å². The lowest BCUT2D eigenvalue weighted by atomic mass is 9.99. The van der Waals surface area contributed by atoms with E-state index in [2.05, 4.69) is 51.2 Å². The van der Waals surface area contributed by atoms with Crippen molar-refractivity contribution in [3.05, 3.63) is 50.2 Å². The Hall–Kier alpha value is -1.32. The second-order valence-electron chi connectivity index (χ2n) is 5.30. The van der Waals surface area contributed by atoms with Crippen molar-refractivity contribution in [1.29, 1.82) is 0 Å². The number of hydrogen-bond donors (Lipinski definition) is 1. The Kier molecular flexibility index (Phi) is 4.51. The smallest absolute Gasteiger partial charge is 0.124 e. The SMILES string of the molecule is CNC(c1cc(C)c(OC)c(C)c1)c1cc(C)c(C)s1. The van der Waals surface area contributed by atoms with Crippen molar-refractivity contribution >= 4 is 11.3 Å². The molecule has 1 heterocycles. The number of hydrogen-bond acceptors (Lipinski definition) is 3. The van der Waals surface area contributed by atoms with Crippen LogP contribution in [0.25, 0.3) is 0 Å². The summed E-state index contributed by atoms with van der Waals surface area (Å²) in [5, 5.41) is 3.44. The van der Waals surface area contributed by atoms with E-state index >= 15 is 0 Å². The lowest BCUT2D eigenvalue weighted by molar-refractivity contribution is 0.408. The van der Waals surface area contributed by atoms with E-state index in [4.69, 9.17) is 4.74 Å². The number of ether oxygens (including phenoxy) is 1. The van der Waals surface area contributed by atoms with Crippen LogP contribution in [-0.2, 0) is 0 Å². The molecule has 1 aromatic heterocycles. The van der Waals surface area contributed by atoms with Gasteiger partial charge >= 0.3 is 0 Å². The normalized spacial score (nSPS) is 12.5. The lowest BCUT2D eigenvalue weighted by Gasteiger charge is -2.18. The van der Waals surface area contributed by atoms with E-state index in [1.807, 2.05) is 18.4 Å². The van der Waals surface area contributed by atoms with Gasteiger partial charge in [-0.2, -0.15) is 0 Å². The Balaban J connectivity index is 2.47. The van der Waals surface area contributed by atoms with Crippen LogP contribution < -0.4 is 10.1 Å². The number of benzene rings is 1. The van der Waals surface area contributed by atoms with Gasteiger partial charge in [0.15, 0.2) is 0 Å². The van der Waals surface area contributed by atoms with Crippen LogP contribution in [0.4, 0.5) is 0 Å². The summed E-state index contributed by atoms with van der Waals surface area (Å²) in [6, 6.07) is 6.97. The Bertz CT molecular complexity index is 573. The molecular weight excluding hydrogens is 266 g/mol. The molecule has 0 saturated carbocycles. The van der Waals surface area contributed by atoms with Gasteiger partial charge in [-0.25, -0.2) is 0 Å². The lowest BCUT2D eigenvalue weighted by Crippen LogP contribution is -2.17. The summed E-state index contributed by atoms with van der Waals surface area (Å²) in [7, 11) is 3.75. The maximum Gasteiger partial charge on any atom is 0.124 e. The van der Waals surface area contributed by atoms with E-state index < -0.39 is 0 Å². The molecule has 2 rings (SSSR count). The van der Waals surface area contributed by atoms with Crippen molar-refractivity contribution in [2.24, 2.45) is 0 Å². The van der Waals surface area contributed by atoms with Gasteiger partial charge in [0, 0.05) is 9.75 Å². The third-order valence-electron chi connectivity index (χ3n) is 3.78. The fourth-order valence-corrected chi connectivity index (χ4v) is 3.87. The second-order valence-corrected chi connectivity index (χ2v) is 6.59. The average molecular weight is 289 g/mol. The van der Waals surface area contributed by atoms with Gasteiger partial charge in [-0.1, -0.05) is 12.1 Å². The summed E-state index contributed by atoms with van der Waals surface area (Å²) in [4.78, 5) is 2.76. The summed E-state index contributed by atoms with van der Waals surface area (Å²) in [5.74, 6) is 0.988.